The molecular formula is C19H35BrN4O3Si. The minimum Gasteiger partial charge on any atom is -0.395 e. The summed E-state index contributed by atoms with van der Waals surface area (Å²) in [6.45, 7) is 9.99. The Kier molecular flexibility index (Phi) is 11.2. The van der Waals surface area contributed by atoms with E-state index in [9.17, 15) is 5.11 Å². The van der Waals surface area contributed by atoms with E-state index < -0.39 is 8.07 Å². The van der Waals surface area contributed by atoms with Crippen LogP contribution in [0.1, 0.15) is 0 Å². The van der Waals surface area contributed by atoms with Gasteiger partial charge in [-0.2, -0.15) is 0 Å². The van der Waals surface area contributed by atoms with Crippen LogP contribution in [-0.2, 0) is 11.5 Å². The summed E-state index contributed by atoms with van der Waals surface area (Å²) in [6, 6.07) is 3.22. The zero-order valence-electron chi connectivity index (χ0n) is 17.7. The number of nitrogens with one attached hydrogen (secondary N) is 1. The van der Waals surface area contributed by atoms with Crippen LogP contribution in [-0.4, -0.2) is 74.8 Å². The van der Waals surface area contributed by atoms with Gasteiger partial charge < -0.3 is 29.7 Å². The molecule has 0 aliphatic carbocycles. The van der Waals surface area contributed by atoms with Crippen LogP contribution < -0.4 is 10.2 Å². The molecule has 9 heteroatoms. The van der Waals surface area contributed by atoms with Crippen molar-refractivity contribution in [3.8, 4) is 0 Å². The number of fused-ring (bicyclic) bond motifs is 1. The summed E-state index contributed by atoms with van der Waals surface area (Å²) in [5, 5.41) is 21.0. The predicted molar refractivity (Wildman–Crippen MR) is 123 cm³/mol. The average molecular weight is 476 g/mol. The normalized spacial score (nSPS) is 11.4. The smallest absolute Gasteiger partial charge is 0.143 e. The molecule has 0 bridgehead atoms. The van der Waals surface area contributed by atoms with Crippen LogP contribution in [0.2, 0.25) is 25.7 Å². The second-order valence-corrected chi connectivity index (χ2v) is 14.3. The number of nitrogens with zero attached hydrogens (tertiary/aromatic N) is 3. The molecule has 0 aromatic carbocycles. The fourth-order valence-electron chi connectivity index (χ4n) is 2.51. The van der Waals surface area contributed by atoms with Gasteiger partial charge in [0.1, 0.15) is 12.4 Å². The van der Waals surface area contributed by atoms with Crippen LogP contribution >= 0.6 is 15.9 Å². The van der Waals surface area contributed by atoms with Crippen LogP contribution in [0.3, 0.4) is 0 Å². The van der Waals surface area contributed by atoms with Gasteiger partial charge in [-0.05, 0) is 35.1 Å². The van der Waals surface area contributed by atoms with Gasteiger partial charge in [0.15, 0.2) is 0 Å². The van der Waals surface area contributed by atoms with Crippen molar-refractivity contribution in [1.82, 2.24) is 14.9 Å². The quantitative estimate of drug-likeness (QED) is 0.362. The first-order valence-electron chi connectivity index (χ1n) is 9.53. The molecule has 0 saturated carbocycles. The summed E-state index contributed by atoms with van der Waals surface area (Å²) in [7, 11) is 2.71. The molecule has 2 aromatic rings. The largest absolute Gasteiger partial charge is 0.395 e. The fraction of sp³-hybridized carbons (Fsp3) is 0.632. The summed E-state index contributed by atoms with van der Waals surface area (Å²) < 4.78 is 8.79. The summed E-state index contributed by atoms with van der Waals surface area (Å²) in [4.78, 5) is 6.56. The minimum absolute atomic E-state index is 0.118. The lowest BCUT2D eigenvalue weighted by Gasteiger charge is -2.20. The number of rotatable bonds is 10. The third-order valence-corrected chi connectivity index (χ3v) is 6.41. The van der Waals surface area contributed by atoms with Crippen LogP contribution in [0.4, 0.5) is 5.69 Å². The van der Waals surface area contributed by atoms with E-state index in [0.717, 1.165) is 33.8 Å². The second kappa shape index (κ2) is 12.6. The van der Waals surface area contributed by atoms with Crippen molar-refractivity contribution in [1.29, 1.82) is 0 Å². The van der Waals surface area contributed by atoms with E-state index in [1.807, 2.05) is 28.9 Å². The van der Waals surface area contributed by atoms with Gasteiger partial charge >= 0.3 is 0 Å². The molecule has 0 radical (unpaired) electrons. The van der Waals surface area contributed by atoms with E-state index in [4.69, 9.17) is 9.84 Å². The van der Waals surface area contributed by atoms with Gasteiger partial charge in [-0.25, -0.2) is 4.98 Å². The molecule has 0 amide bonds. The van der Waals surface area contributed by atoms with Crippen LogP contribution in [0.5, 0.6) is 0 Å². The summed E-state index contributed by atoms with van der Waals surface area (Å²) in [5.74, 6) is 0. The lowest BCUT2D eigenvalue weighted by molar-refractivity contribution is 0.0899. The molecule has 2 aromatic heterocycles. The summed E-state index contributed by atoms with van der Waals surface area (Å²) >= 11 is 3.56. The second-order valence-electron chi connectivity index (χ2n) is 7.80. The predicted octanol–water partition coefficient (Wildman–Crippen LogP) is 2.74. The molecule has 3 N–H and O–H groups in total. The number of aliphatic hydroxyl groups is 2. The topological polar surface area (TPSA) is 82.8 Å². The molecule has 0 spiro atoms. The van der Waals surface area contributed by atoms with Gasteiger partial charge in [0.2, 0.25) is 0 Å². The first-order chi connectivity index (χ1) is 13.2. The van der Waals surface area contributed by atoms with E-state index >= 15 is 0 Å². The molecule has 0 unspecified atom stereocenters. The van der Waals surface area contributed by atoms with Crippen molar-refractivity contribution in [2.75, 3.05) is 51.9 Å². The van der Waals surface area contributed by atoms with Gasteiger partial charge in [0, 0.05) is 52.6 Å². The highest BCUT2D eigenvalue weighted by atomic mass is 79.9. The molecular weight excluding hydrogens is 440 g/mol. The number of ether oxygens (including phenoxy) is 1. The van der Waals surface area contributed by atoms with E-state index in [0.29, 0.717) is 19.8 Å². The lowest BCUT2D eigenvalue weighted by atomic mass is 10.2. The lowest BCUT2D eigenvalue weighted by Crippen LogP contribution is -2.22. The van der Waals surface area contributed by atoms with Crippen molar-refractivity contribution in [3.05, 3.63) is 22.9 Å². The Morgan fingerprint density at radius 2 is 2.00 bits per heavy atom. The Balaban J connectivity index is 0.000000696. The van der Waals surface area contributed by atoms with Gasteiger partial charge in [0.25, 0.3) is 0 Å². The van der Waals surface area contributed by atoms with Gasteiger partial charge in [0.05, 0.1) is 23.4 Å². The molecule has 0 aliphatic rings. The number of hydrogen-bond acceptors (Lipinski definition) is 6. The van der Waals surface area contributed by atoms with Crippen LogP contribution in [0.25, 0.3) is 11.0 Å². The molecule has 7 nitrogen and oxygen atoms in total. The average Bonchev–Trinajstić information content (AvgIpc) is 3.02. The maximum atomic E-state index is 9.18. The van der Waals surface area contributed by atoms with Crippen LogP contribution in [0.15, 0.2) is 22.9 Å². The standard InChI is InChI=1S/C16H26BrN3O2Si.C3H9NO/c1-19(7-8-21)15-13-5-6-20(16(13)18-11-14(15)17)12-22-9-10-23(2,3)4;1-4-2-3-5/h5-6,11,21H,7-10,12H2,1-4H3;4-5H,2-3H2,1H3. The Labute approximate surface area is 177 Å². The Morgan fingerprint density at radius 1 is 1.29 bits per heavy atom. The molecule has 0 fully saturated rings. The first kappa shape index (κ1) is 25.1. The van der Waals surface area contributed by atoms with Crippen molar-refractivity contribution < 1.29 is 14.9 Å². The number of aromatic nitrogens is 2. The fourth-order valence-corrected chi connectivity index (χ4v) is 3.88. The van der Waals surface area contributed by atoms with E-state index in [2.05, 4.69) is 51.9 Å². The summed E-state index contributed by atoms with van der Waals surface area (Å²) in [5.41, 5.74) is 1.95. The van der Waals surface area contributed by atoms with Crippen molar-refractivity contribution >= 4 is 40.7 Å². The summed E-state index contributed by atoms with van der Waals surface area (Å²) in [6.07, 6.45) is 3.82. The number of hydrogen-bond donors (Lipinski definition) is 3. The highest BCUT2D eigenvalue weighted by Crippen LogP contribution is 2.33. The third kappa shape index (κ3) is 8.18. The Bertz CT molecular complexity index is 704. The monoisotopic (exact) mass is 474 g/mol. The zero-order chi connectivity index (χ0) is 21.2. The highest BCUT2D eigenvalue weighted by Gasteiger charge is 2.15. The number of halogens is 1. The third-order valence-electron chi connectivity index (χ3n) is 4.12. The van der Waals surface area contributed by atoms with E-state index in [1.54, 1.807) is 7.05 Å². The van der Waals surface area contributed by atoms with Gasteiger partial charge in [-0.3, -0.25) is 0 Å². The van der Waals surface area contributed by atoms with Gasteiger partial charge in [-0.1, -0.05) is 19.6 Å². The number of likely N-dealkylation sites (N-methyl/N-ethyl adjacent to an activating group) is 2. The molecule has 2 heterocycles. The highest BCUT2D eigenvalue weighted by molar-refractivity contribution is 9.10. The molecule has 0 saturated heterocycles. The van der Waals surface area contributed by atoms with E-state index in [1.165, 1.54) is 0 Å². The first-order valence-corrected chi connectivity index (χ1v) is 14.0. The van der Waals surface area contributed by atoms with Crippen molar-refractivity contribution in [3.63, 3.8) is 0 Å². The van der Waals surface area contributed by atoms with E-state index in [-0.39, 0.29) is 13.2 Å². The Hall–Kier alpha value is -0.973. The number of aliphatic hydroxyl groups excluding tert-OH is 2. The SMILES string of the molecule is CN(CCO)c1c(Br)cnc2c1ccn2COCC[Si](C)(C)C.CNCCO. The molecule has 2 rings (SSSR count). The van der Waals surface area contributed by atoms with Crippen molar-refractivity contribution in [2.24, 2.45) is 0 Å². The van der Waals surface area contributed by atoms with Crippen LogP contribution in [0, 0.1) is 0 Å². The zero-order valence-corrected chi connectivity index (χ0v) is 20.3. The Morgan fingerprint density at radius 3 is 2.54 bits per heavy atom. The minimum atomic E-state index is -1.06. The molecule has 160 valence electrons. The number of anilines is 1. The molecule has 0 aliphatic heterocycles. The molecule has 28 heavy (non-hydrogen) atoms. The maximum absolute atomic E-state index is 9.18. The van der Waals surface area contributed by atoms with Crippen molar-refractivity contribution in [2.45, 2.75) is 32.4 Å². The molecule has 0 atom stereocenters. The maximum Gasteiger partial charge on any atom is 0.143 e. The number of pyridine rings is 1. The van der Waals surface area contributed by atoms with Gasteiger partial charge in [-0.15, -0.1) is 0 Å².